The second kappa shape index (κ2) is 16.5. The lowest BCUT2D eigenvalue weighted by molar-refractivity contribution is -0.144. The van der Waals surface area contributed by atoms with Crippen molar-refractivity contribution in [2.45, 2.75) is 94.7 Å². The zero-order valence-corrected chi connectivity index (χ0v) is 31.4. The number of amides is 3. The van der Waals surface area contributed by atoms with E-state index in [1.807, 2.05) is 12.1 Å². The standard InChI is InChI=1S/C39H53N5O10/c1-22(45)16-32(47)41-21-27(46)18-24(6-4-5-13-40)36(48)42-20-26-17-25(37(49)50)11-14-44(26)38(51)53-31-10-8-28-29-19-23-7-9-30(52-3)34-33(23)39(28,35(31)54-34)12-15-43(29)2/h7,9-10,24-26,28-29,35H,4-6,8,11-21,40H2,1-3H3,(H,41,47)(H,42,48)(H,49,50)/t24-,25?,26?,28?,29?,35?,39+/m1/s1. The smallest absolute Gasteiger partial charge is 0.415 e. The minimum atomic E-state index is -0.979. The number of piperidine rings is 2. The van der Waals surface area contributed by atoms with Crippen LogP contribution in [0.5, 0.6) is 11.5 Å². The molecule has 1 aromatic rings. The van der Waals surface area contributed by atoms with Crippen LogP contribution in [0.3, 0.4) is 0 Å². The molecule has 2 bridgehead atoms. The van der Waals surface area contributed by atoms with E-state index in [0.717, 1.165) is 24.9 Å². The van der Waals surface area contributed by atoms with Crippen molar-refractivity contribution in [2.75, 3.05) is 46.9 Å². The van der Waals surface area contributed by atoms with Gasteiger partial charge in [0.2, 0.25) is 11.8 Å². The van der Waals surface area contributed by atoms with Gasteiger partial charge in [-0.05, 0) is 95.6 Å². The van der Waals surface area contributed by atoms with E-state index in [9.17, 15) is 33.9 Å². The van der Waals surface area contributed by atoms with Crippen LogP contribution in [0.25, 0.3) is 0 Å². The summed E-state index contributed by atoms with van der Waals surface area (Å²) in [4.78, 5) is 79.6. The number of methoxy groups -OCH3 is 1. The predicted octanol–water partition coefficient (Wildman–Crippen LogP) is 2.08. The third-order valence-electron chi connectivity index (χ3n) is 12.2. The number of nitrogens with one attached hydrogen (secondary N) is 2. The number of allylic oxidation sites excluding steroid dienone is 1. The number of carbonyl (C=O) groups excluding carboxylic acids is 5. The Kier molecular flexibility index (Phi) is 12.0. The first-order valence-electron chi connectivity index (χ1n) is 19.1. The number of aliphatic carboxylic acids is 1. The monoisotopic (exact) mass is 751 g/mol. The van der Waals surface area contributed by atoms with Gasteiger partial charge in [0.05, 0.1) is 32.0 Å². The van der Waals surface area contributed by atoms with Gasteiger partial charge >= 0.3 is 12.1 Å². The molecule has 5 aliphatic rings. The molecule has 3 amide bonds. The first kappa shape index (κ1) is 39.2. The average Bonchev–Trinajstić information content (AvgIpc) is 3.50. The van der Waals surface area contributed by atoms with E-state index >= 15 is 0 Å². The quantitative estimate of drug-likeness (QED) is 0.142. The lowest BCUT2D eigenvalue weighted by atomic mass is 9.53. The van der Waals surface area contributed by atoms with Crippen molar-refractivity contribution < 1.29 is 48.1 Å². The largest absolute Gasteiger partial charge is 0.493 e. The van der Waals surface area contributed by atoms with Gasteiger partial charge in [-0.15, -0.1) is 0 Å². The van der Waals surface area contributed by atoms with E-state index in [2.05, 4.69) is 28.6 Å². The lowest BCUT2D eigenvalue weighted by Crippen LogP contribution is -2.63. The molecule has 15 nitrogen and oxygen atoms in total. The minimum absolute atomic E-state index is 0.0420. The molecular weight excluding hydrogens is 698 g/mol. The van der Waals surface area contributed by atoms with Gasteiger partial charge in [-0.3, -0.25) is 24.0 Å². The molecule has 3 heterocycles. The number of unbranched alkanes of at least 4 members (excludes halogenated alkanes) is 1. The van der Waals surface area contributed by atoms with Crippen molar-refractivity contribution in [1.29, 1.82) is 0 Å². The fraction of sp³-hybridized carbons (Fsp3) is 0.641. The normalized spacial score (nSPS) is 27.1. The van der Waals surface area contributed by atoms with E-state index in [1.165, 1.54) is 17.4 Å². The van der Waals surface area contributed by atoms with Crippen molar-refractivity contribution in [2.24, 2.45) is 23.5 Å². The van der Waals surface area contributed by atoms with Gasteiger partial charge in [-0.1, -0.05) is 12.5 Å². The van der Waals surface area contributed by atoms with Crippen LogP contribution >= 0.6 is 0 Å². The van der Waals surface area contributed by atoms with Gasteiger partial charge in [-0.25, -0.2) is 4.79 Å². The third kappa shape index (κ3) is 7.70. The molecule has 2 saturated heterocycles. The van der Waals surface area contributed by atoms with Crippen molar-refractivity contribution in [1.82, 2.24) is 20.4 Å². The number of likely N-dealkylation sites (tertiary alicyclic amines) is 2. The van der Waals surface area contributed by atoms with E-state index in [1.54, 1.807) is 7.11 Å². The zero-order chi connectivity index (χ0) is 38.7. The maximum atomic E-state index is 14.1. The fourth-order valence-electron chi connectivity index (χ4n) is 9.49. The molecule has 54 heavy (non-hydrogen) atoms. The highest BCUT2D eigenvalue weighted by Crippen LogP contribution is 2.63. The molecule has 2 aliphatic carbocycles. The van der Waals surface area contributed by atoms with Crippen molar-refractivity contribution in [3.63, 3.8) is 0 Å². The molecule has 0 aromatic heterocycles. The number of Topliss-reactive ketones (excluding diaryl/α,β-unsaturated/α-hetero) is 2. The Hall–Kier alpha value is -4.50. The highest BCUT2D eigenvalue weighted by atomic mass is 16.6. The third-order valence-corrected chi connectivity index (χ3v) is 12.2. The van der Waals surface area contributed by atoms with Crippen molar-refractivity contribution >= 4 is 35.4 Å². The number of ether oxygens (including phenoxy) is 3. The molecule has 1 spiro atoms. The van der Waals surface area contributed by atoms with Crippen molar-refractivity contribution in [3.05, 3.63) is 35.1 Å². The minimum Gasteiger partial charge on any atom is -0.493 e. The number of carboxylic acids is 1. The van der Waals surface area contributed by atoms with Crippen LogP contribution < -0.4 is 25.8 Å². The molecule has 7 atom stereocenters. The summed E-state index contributed by atoms with van der Waals surface area (Å²) in [6.07, 6.45) is 4.70. The molecule has 6 rings (SSSR count). The second-order valence-electron chi connectivity index (χ2n) is 15.5. The van der Waals surface area contributed by atoms with Crippen LogP contribution in [0.4, 0.5) is 4.79 Å². The Morgan fingerprint density at radius 3 is 2.65 bits per heavy atom. The first-order valence-corrected chi connectivity index (χ1v) is 19.1. The number of hydrogen-bond acceptors (Lipinski definition) is 11. The van der Waals surface area contributed by atoms with Gasteiger partial charge in [0.25, 0.3) is 0 Å². The number of carbonyl (C=O) groups is 6. The molecule has 2 fully saturated rings. The van der Waals surface area contributed by atoms with Crippen LogP contribution in [-0.4, -0.2) is 115 Å². The van der Waals surface area contributed by atoms with E-state index in [0.29, 0.717) is 55.5 Å². The molecule has 3 aliphatic heterocycles. The van der Waals surface area contributed by atoms with Gasteiger partial charge < -0.3 is 45.5 Å². The average molecular weight is 752 g/mol. The van der Waals surface area contributed by atoms with Gasteiger partial charge in [0.1, 0.15) is 11.5 Å². The highest BCUT2D eigenvalue weighted by molar-refractivity contribution is 5.98. The maximum absolute atomic E-state index is 14.1. The van der Waals surface area contributed by atoms with Crippen molar-refractivity contribution in [3.8, 4) is 11.5 Å². The Labute approximate surface area is 315 Å². The van der Waals surface area contributed by atoms with Crippen LogP contribution in [0.2, 0.25) is 0 Å². The molecule has 1 aromatic carbocycles. The molecule has 0 radical (unpaired) electrons. The van der Waals surface area contributed by atoms with E-state index < -0.39 is 47.9 Å². The number of nitrogens with two attached hydrogens (primary N) is 1. The number of ketones is 2. The molecule has 0 saturated carbocycles. The number of carboxylic acid groups (broad SMARTS) is 1. The number of benzene rings is 1. The fourth-order valence-corrected chi connectivity index (χ4v) is 9.49. The maximum Gasteiger partial charge on any atom is 0.415 e. The summed E-state index contributed by atoms with van der Waals surface area (Å²) in [6, 6.07) is 3.68. The molecular formula is C39H53N5O10. The molecule has 5 N–H and O–H groups in total. The Bertz CT molecular complexity index is 1700. The lowest BCUT2D eigenvalue weighted by Gasteiger charge is -2.56. The van der Waals surface area contributed by atoms with Crippen LogP contribution in [0.1, 0.15) is 75.8 Å². The van der Waals surface area contributed by atoms with Gasteiger partial charge in [0, 0.05) is 42.4 Å². The van der Waals surface area contributed by atoms with E-state index in [-0.39, 0.29) is 68.2 Å². The second-order valence-corrected chi connectivity index (χ2v) is 15.5. The Morgan fingerprint density at radius 2 is 1.93 bits per heavy atom. The number of hydrogen-bond donors (Lipinski definition) is 4. The van der Waals surface area contributed by atoms with Crippen LogP contribution in [0, 0.1) is 17.8 Å². The Balaban J connectivity index is 1.16. The zero-order valence-electron chi connectivity index (χ0n) is 31.4. The predicted molar refractivity (Wildman–Crippen MR) is 195 cm³/mol. The number of likely N-dealkylation sites (N-methyl/N-ethyl adjacent to an activating group) is 1. The first-order chi connectivity index (χ1) is 25.9. The summed E-state index contributed by atoms with van der Waals surface area (Å²) in [5, 5.41) is 15.2. The SMILES string of the molecule is COc1ccc2c3c1OC1C(OC(=O)N4CCC(C(=O)O)CC4CNC(=O)[C@H](CCCCN)CC(=O)CNC(=O)CC(C)=O)=CCC4C(C2)N(C)CC[C@]314. The summed E-state index contributed by atoms with van der Waals surface area (Å²) in [6.45, 7) is 2.33. The van der Waals surface area contributed by atoms with Crippen LogP contribution in [-0.2, 0) is 40.5 Å². The van der Waals surface area contributed by atoms with Crippen LogP contribution in [0.15, 0.2) is 24.0 Å². The Morgan fingerprint density at radius 1 is 1.13 bits per heavy atom. The summed E-state index contributed by atoms with van der Waals surface area (Å²) in [7, 11) is 3.78. The highest BCUT2D eigenvalue weighted by Gasteiger charge is 2.65. The van der Waals surface area contributed by atoms with Gasteiger partial charge in [-0.2, -0.15) is 0 Å². The summed E-state index contributed by atoms with van der Waals surface area (Å²) in [5.74, 6) is -2.07. The number of rotatable bonds is 16. The molecule has 294 valence electrons. The van der Waals surface area contributed by atoms with Gasteiger partial charge in [0.15, 0.2) is 23.4 Å². The summed E-state index contributed by atoms with van der Waals surface area (Å²) in [5.41, 5.74) is 7.67. The summed E-state index contributed by atoms with van der Waals surface area (Å²) >= 11 is 0. The summed E-state index contributed by atoms with van der Waals surface area (Å²) < 4.78 is 18.7. The topological polar surface area (TPSA) is 207 Å². The molecule has 5 unspecified atom stereocenters. The molecule has 15 heteroatoms. The number of nitrogens with zero attached hydrogens (tertiary/aromatic N) is 2. The van der Waals surface area contributed by atoms with E-state index in [4.69, 9.17) is 19.9 Å².